The van der Waals surface area contributed by atoms with Crippen molar-refractivity contribution in [3.05, 3.63) is 71.8 Å². The second-order valence-electron chi connectivity index (χ2n) is 8.03. The number of ketones is 1. The standard InChI is InChI=1S/C25H34N2O2/c1-5-19(4)24(28)22(16-20-12-8-6-9-13-20)27-25(29)23(26-18(2)3)17-21-14-10-7-11-15-21/h6-15,18-19,22-23,26H,5,16-17H2,1-4H3,(H,27,29). The summed E-state index contributed by atoms with van der Waals surface area (Å²) in [6.07, 6.45) is 1.85. The number of Topliss-reactive ketones (excluding diaryl/α,β-unsaturated/α-hetero) is 1. The van der Waals surface area contributed by atoms with Crippen LogP contribution in [0.4, 0.5) is 0 Å². The molecular weight excluding hydrogens is 360 g/mol. The predicted octanol–water partition coefficient (Wildman–Crippen LogP) is 3.94. The number of amides is 1. The molecule has 2 aromatic carbocycles. The number of carbonyl (C=O) groups is 2. The molecule has 0 spiro atoms. The van der Waals surface area contributed by atoms with Crippen LogP contribution in [0.25, 0.3) is 0 Å². The molecule has 3 unspecified atom stereocenters. The van der Waals surface area contributed by atoms with Crippen molar-refractivity contribution in [3.63, 3.8) is 0 Å². The number of carbonyl (C=O) groups excluding carboxylic acids is 2. The molecule has 4 heteroatoms. The minimum absolute atomic E-state index is 0.0883. The molecule has 29 heavy (non-hydrogen) atoms. The van der Waals surface area contributed by atoms with Gasteiger partial charge in [-0.15, -0.1) is 0 Å². The maximum Gasteiger partial charge on any atom is 0.238 e. The summed E-state index contributed by atoms with van der Waals surface area (Å²) in [6, 6.07) is 19.1. The third kappa shape index (κ3) is 7.47. The van der Waals surface area contributed by atoms with E-state index < -0.39 is 6.04 Å². The molecule has 0 saturated carbocycles. The van der Waals surface area contributed by atoms with Crippen molar-refractivity contribution in [3.8, 4) is 0 Å². The second kappa shape index (κ2) is 11.5. The third-order valence-corrected chi connectivity index (χ3v) is 5.17. The van der Waals surface area contributed by atoms with Crippen molar-refractivity contribution in [1.82, 2.24) is 10.6 Å². The zero-order valence-electron chi connectivity index (χ0n) is 18.0. The Morgan fingerprint density at radius 3 is 1.72 bits per heavy atom. The van der Waals surface area contributed by atoms with Gasteiger partial charge in [-0.2, -0.15) is 0 Å². The van der Waals surface area contributed by atoms with E-state index in [2.05, 4.69) is 10.6 Å². The van der Waals surface area contributed by atoms with Crippen molar-refractivity contribution in [2.45, 2.75) is 65.1 Å². The molecule has 0 radical (unpaired) electrons. The number of rotatable bonds is 11. The zero-order chi connectivity index (χ0) is 21.2. The molecule has 0 bridgehead atoms. The largest absolute Gasteiger partial charge is 0.345 e. The topological polar surface area (TPSA) is 58.2 Å². The molecule has 0 heterocycles. The minimum atomic E-state index is -0.521. The molecule has 2 rings (SSSR count). The summed E-state index contributed by atoms with van der Waals surface area (Å²) in [4.78, 5) is 26.2. The summed E-state index contributed by atoms with van der Waals surface area (Å²) in [5, 5.41) is 6.41. The number of nitrogens with one attached hydrogen (secondary N) is 2. The summed E-state index contributed by atoms with van der Waals surface area (Å²) in [5.74, 6) is -0.123. The van der Waals surface area contributed by atoms with Crippen LogP contribution in [-0.2, 0) is 22.4 Å². The first kappa shape index (κ1) is 22.8. The highest BCUT2D eigenvalue weighted by atomic mass is 16.2. The Morgan fingerprint density at radius 1 is 0.793 bits per heavy atom. The van der Waals surface area contributed by atoms with Gasteiger partial charge in [-0.1, -0.05) is 88.4 Å². The van der Waals surface area contributed by atoms with E-state index >= 15 is 0 Å². The lowest BCUT2D eigenvalue weighted by Gasteiger charge is -2.26. The van der Waals surface area contributed by atoms with Crippen LogP contribution in [0.1, 0.15) is 45.2 Å². The van der Waals surface area contributed by atoms with Crippen molar-refractivity contribution >= 4 is 11.7 Å². The Bertz CT molecular complexity index is 759. The zero-order valence-corrected chi connectivity index (χ0v) is 18.0. The van der Waals surface area contributed by atoms with E-state index in [4.69, 9.17) is 0 Å². The fourth-order valence-corrected chi connectivity index (χ4v) is 3.37. The molecule has 0 fully saturated rings. The summed E-state index contributed by atoms with van der Waals surface area (Å²) in [7, 11) is 0. The molecule has 2 N–H and O–H groups in total. The fourth-order valence-electron chi connectivity index (χ4n) is 3.37. The predicted molar refractivity (Wildman–Crippen MR) is 119 cm³/mol. The van der Waals surface area contributed by atoms with Crippen LogP contribution in [-0.4, -0.2) is 29.8 Å². The van der Waals surface area contributed by atoms with Crippen molar-refractivity contribution in [2.75, 3.05) is 0 Å². The van der Waals surface area contributed by atoms with Crippen molar-refractivity contribution in [1.29, 1.82) is 0 Å². The Kier molecular flexibility index (Phi) is 9.07. The van der Waals surface area contributed by atoms with Gasteiger partial charge in [-0.3, -0.25) is 9.59 Å². The van der Waals surface area contributed by atoms with E-state index in [0.717, 1.165) is 17.5 Å². The quantitative estimate of drug-likeness (QED) is 0.607. The van der Waals surface area contributed by atoms with Gasteiger partial charge in [0.05, 0.1) is 12.1 Å². The van der Waals surface area contributed by atoms with Crippen LogP contribution in [0.15, 0.2) is 60.7 Å². The van der Waals surface area contributed by atoms with Gasteiger partial charge in [-0.25, -0.2) is 0 Å². The molecule has 0 aromatic heterocycles. The molecule has 0 aliphatic carbocycles. The van der Waals surface area contributed by atoms with Gasteiger partial charge in [0.15, 0.2) is 5.78 Å². The van der Waals surface area contributed by atoms with E-state index in [1.165, 1.54) is 0 Å². The molecule has 156 valence electrons. The fraction of sp³-hybridized carbons (Fsp3) is 0.440. The Hall–Kier alpha value is -2.46. The first-order chi connectivity index (χ1) is 13.9. The maximum atomic E-state index is 13.2. The molecule has 0 saturated heterocycles. The average Bonchev–Trinajstić information content (AvgIpc) is 2.72. The lowest BCUT2D eigenvalue weighted by molar-refractivity contribution is -0.130. The number of benzene rings is 2. The van der Waals surface area contributed by atoms with Gasteiger partial charge in [-0.05, 0) is 30.4 Å². The lowest BCUT2D eigenvalue weighted by Crippen LogP contribution is -2.53. The van der Waals surface area contributed by atoms with Crippen LogP contribution in [0, 0.1) is 5.92 Å². The minimum Gasteiger partial charge on any atom is -0.345 e. The van der Waals surface area contributed by atoms with E-state index in [9.17, 15) is 9.59 Å². The Balaban J connectivity index is 2.18. The van der Waals surface area contributed by atoms with Gasteiger partial charge < -0.3 is 10.6 Å². The first-order valence-electron chi connectivity index (χ1n) is 10.6. The average molecular weight is 395 g/mol. The molecular formula is C25H34N2O2. The van der Waals surface area contributed by atoms with Gasteiger partial charge >= 0.3 is 0 Å². The van der Waals surface area contributed by atoms with Crippen LogP contribution in [0.3, 0.4) is 0 Å². The van der Waals surface area contributed by atoms with E-state index in [-0.39, 0.29) is 29.7 Å². The van der Waals surface area contributed by atoms with Crippen molar-refractivity contribution in [2.24, 2.45) is 5.92 Å². The number of hydrogen-bond donors (Lipinski definition) is 2. The normalized spacial score (nSPS) is 14.2. The molecule has 3 atom stereocenters. The Labute approximate surface area is 175 Å². The molecule has 0 aliphatic rings. The Morgan fingerprint density at radius 2 is 1.28 bits per heavy atom. The van der Waals surface area contributed by atoms with E-state index in [1.54, 1.807) is 0 Å². The SMILES string of the molecule is CCC(C)C(=O)C(Cc1ccccc1)NC(=O)C(Cc1ccccc1)NC(C)C. The van der Waals surface area contributed by atoms with Crippen molar-refractivity contribution < 1.29 is 9.59 Å². The molecule has 4 nitrogen and oxygen atoms in total. The van der Waals surface area contributed by atoms with Crippen LogP contribution in [0.5, 0.6) is 0 Å². The number of hydrogen-bond acceptors (Lipinski definition) is 3. The monoisotopic (exact) mass is 394 g/mol. The van der Waals surface area contributed by atoms with Crippen LogP contribution >= 0.6 is 0 Å². The summed E-state index contributed by atoms with van der Waals surface area (Å²) >= 11 is 0. The van der Waals surface area contributed by atoms with Gasteiger partial charge in [0.2, 0.25) is 5.91 Å². The summed E-state index contributed by atoms with van der Waals surface area (Å²) < 4.78 is 0. The lowest BCUT2D eigenvalue weighted by atomic mass is 9.92. The molecule has 2 aromatic rings. The van der Waals surface area contributed by atoms with Gasteiger partial charge in [0.25, 0.3) is 0 Å². The molecule has 0 aliphatic heterocycles. The second-order valence-corrected chi connectivity index (χ2v) is 8.03. The van der Waals surface area contributed by atoms with Gasteiger partial charge in [0.1, 0.15) is 0 Å². The summed E-state index contributed by atoms with van der Waals surface area (Å²) in [6.45, 7) is 7.98. The maximum absolute atomic E-state index is 13.2. The summed E-state index contributed by atoms with van der Waals surface area (Å²) in [5.41, 5.74) is 2.14. The van der Waals surface area contributed by atoms with E-state index in [1.807, 2.05) is 88.4 Å². The first-order valence-corrected chi connectivity index (χ1v) is 10.6. The highest BCUT2D eigenvalue weighted by Gasteiger charge is 2.28. The smallest absolute Gasteiger partial charge is 0.238 e. The highest BCUT2D eigenvalue weighted by Crippen LogP contribution is 2.12. The van der Waals surface area contributed by atoms with Crippen LogP contribution in [0.2, 0.25) is 0 Å². The van der Waals surface area contributed by atoms with Gasteiger partial charge in [0, 0.05) is 12.0 Å². The third-order valence-electron chi connectivity index (χ3n) is 5.17. The van der Waals surface area contributed by atoms with E-state index in [0.29, 0.717) is 12.8 Å². The van der Waals surface area contributed by atoms with Crippen LogP contribution < -0.4 is 10.6 Å². The highest BCUT2D eigenvalue weighted by molar-refractivity contribution is 5.92. The molecule has 1 amide bonds.